The second kappa shape index (κ2) is 19.3. The highest BCUT2D eigenvalue weighted by atomic mass is 28.3. The van der Waals surface area contributed by atoms with E-state index in [2.05, 4.69) is 314 Å². The number of nitrogens with zero attached hydrogens (tertiary/aromatic N) is 1. The van der Waals surface area contributed by atoms with Gasteiger partial charge >= 0.3 is 0 Å². The van der Waals surface area contributed by atoms with Crippen LogP contribution < -0.4 is 25.6 Å². The van der Waals surface area contributed by atoms with E-state index in [-0.39, 0.29) is 0 Å². The summed E-state index contributed by atoms with van der Waals surface area (Å²) >= 11 is 0. The van der Waals surface area contributed by atoms with Gasteiger partial charge in [-0.1, -0.05) is 267 Å². The van der Waals surface area contributed by atoms with E-state index in [4.69, 9.17) is 0 Å². The Labute approximate surface area is 434 Å². The Morgan fingerprint density at radius 3 is 1.09 bits per heavy atom. The maximum absolute atomic E-state index is 2.76. The van der Waals surface area contributed by atoms with Gasteiger partial charge in [0.25, 0.3) is 0 Å². The number of hydrogen-bond donors (Lipinski definition) is 0. The van der Waals surface area contributed by atoms with Crippen LogP contribution in [0.4, 0.5) is 17.1 Å². The molecule has 1 nitrogen and oxygen atoms in total. The zero-order valence-electron chi connectivity index (χ0n) is 40.9. The molecule has 0 aromatic heterocycles. The normalized spacial score (nSPS) is 11.5. The zero-order valence-corrected chi connectivity index (χ0v) is 41.9. The smallest absolute Gasteiger partial charge is 0.179 e. The number of anilines is 3. The maximum Gasteiger partial charge on any atom is 0.179 e. The summed E-state index contributed by atoms with van der Waals surface area (Å²) in [4.78, 5) is 2.45. The van der Waals surface area contributed by atoms with Gasteiger partial charge in [0, 0.05) is 17.1 Å². The molecule has 348 valence electrons. The lowest BCUT2D eigenvalue weighted by Crippen LogP contribution is -2.74. The Kier molecular flexibility index (Phi) is 11.7. The molecule has 0 radical (unpaired) electrons. The zero-order chi connectivity index (χ0) is 49.3. The van der Waals surface area contributed by atoms with Crippen molar-refractivity contribution in [2.24, 2.45) is 0 Å². The van der Waals surface area contributed by atoms with Crippen LogP contribution in [0, 0.1) is 0 Å². The molecule has 13 aromatic rings. The van der Waals surface area contributed by atoms with Crippen LogP contribution in [0.2, 0.25) is 0 Å². The Morgan fingerprint density at radius 2 is 0.581 bits per heavy atom. The largest absolute Gasteiger partial charge is 0.310 e. The van der Waals surface area contributed by atoms with E-state index < -0.39 is 8.07 Å². The molecular weight excluding hydrogens is 907 g/mol. The van der Waals surface area contributed by atoms with Crippen LogP contribution in [0.5, 0.6) is 0 Å². The molecule has 0 aliphatic carbocycles. The Morgan fingerprint density at radius 1 is 0.216 bits per heavy atom. The molecule has 0 atom stereocenters. The second-order valence-corrected chi connectivity index (χ2v) is 22.9. The third-order valence-electron chi connectivity index (χ3n) is 15.0. The average Bonchev–Trinajstić information content (AvgIpc) is 3.50. The Bertz CT molecular complexity index is 3960. The summed E-state index contributed by atoms with van der Waals surface area (Å²) in [7, 11) is -2.76. The fourth-order valence-electron chi connectivity index (χ4n) is 11.7. The van der Waals surface area contributed by atoms with E-state index in [1.165, 1.54) is 97.6 Å². The van der Waals surface area contributed by atoms with Crippen LogP contribution in [0.1, 0.15) is 0 Å². The van der Waals surface area contributed by atoms with Gasteiger partial charge in [-0.3, -0.25) is 0 Å². The first kappa shape index (κ1) is 44.6. The standard InChI is InChI=1S/C72H51NSi/c1-8-24-52(25-9-1)53-40-42-57(43-41-53)73(58-44-47-63(48-45-58)74(60-32-16-5-17-33-60,61-34-18-6-19-35-61)62-36-20-7-21-37-62)59-46-49-66-69(50-59)64-38-22-23-39-65(64)71-68(55-28-12-3-13-29-55)51-67(54-26-10-2-11-27-54)70(72(66)71)56-30-14-4-15-31-56/h1-51H. The minimum atomic E-state index is -2.76. The molecular formula is C72H51NSi. The molecule has 0 amide bonds. The Hall–Kier alpha value is -9.34. The van der Waals surface area contributed by atoms with Gasteiger partial charge in [-0.2, -0.15) is 0 Å². The quantitative estimate of drug-likeness (QED) is 0.0709. The van der Waals surface area contributed by atoms with Crippen LogP contribution in [0.3, 0.4) is 0 Å². The average molecular weight is 958 g/mol. The first-order chi connectivity index (χ1) is 36.7. The van der Waals surface area contributed by atoms with Gasteiger partial charge < -0.3 is 4.90 Å². The lowest BCUT2D eigenvalue weighted by molar-refractivity contribution is 1.29. The molecule has 0 aliphatic heterocycles. The van der Waals surface area contributed by atoms with E-state index in [1.807, 2.05) is 0 Å². The molecule has 0 fully saturated rings. The number of fused-ring (bicyclic) bond motifs is 6. The van der Waals surface area contributed by atoms with Crippen LogP contribution in [0.15, 0.2) is 309 Å². The van der Waals surface area contributed by atoms with Crippen molar-refractivity contribution >= 4 is 78.2 Å². The van der Waals surface area contributed by atoms with Gasteiger partial charge in [-0.05, 0) is 140 Å². The molecule has 0 saturated heterocycles. The summed E-state index contributed by atoms with van der Waals surface area (Å²) in [6, 6.07) is 114. The Balaban J connectivity index is 1.08. The van der Waals surface area contributed by atoms with Crippen molar-refractivity contribution < 1.29 is 0 Å². The fourth-order valence-corrected chi connectivity index (χ4v) is 16.4. The molecule has 0 heterocycles. The van der Waals surface area contributed by atoms with Crippen molar-refractivity contribution in [3.05, 3.63) is 309 Å². The van der Waals surface area contributed by atoms with Crippen molar-refractivity contribution in [1.29, 1.82) is 0 Å². The highest BCUT2D eigenvalue weighted by molar-refractivity contribution is 7.19. The van der Waals surface area contributed by atoms with Crippen molar-refractivity contribution in [2.45, 2.75) is 0 Å². The van der Waals surface area contributed by atoms with Crippen molar-refractivity contribution in [1.82, 2.24) is 0 Å². The van der Waals surface area contributed by atoms with Crippen LogP contribution >= 0.6 is 0 Å². The lowest BCUT2D eigenvalue weighted by Gasteiger charge is -2.35. The van der Waals surface area contributed by atoms with Crippen LogP contribution in [-0.4, -0.2) is 8.07 Å². The first-order valence-corrected chi connectivity index (χ1v) is 27.6. The summed E-state index contributed by atoms with van der Waals surface area (Å²) < 4.78 is 0. The number of hydrogen-bond acceptors (Lipinski definition) is 1. The van der Waals surface area contributed by atoms with Gasteiger partial charge in [0.1, 0.15) is 0 Å². The van der Waals surface area contributed by atoms with E-state index in [0.717, 1.165) is 17.1 Å². The van der Waals surface area contributed by atoms with E-state index in [1.54, 1.807) is 0 Å². The fraction of sp³-hybridized carbons (Fsp3) is 0. The maximum atomic E-state index is 2.45. The number of benzene rings is 13. The molecule has 0 aliphatic rings. The van der Waals surface area contributed by atoms with E-state index in [0.29, 0.717) is 0 Å². The molecule has 13 aromatic carbocycles. The summed E-state index contributed by atoms with van der Waals surface area (Å²) in [6.07, 6.45) is 0. The lowest BCUT2D eigenvalue weighted by atomic mass is 9.81. The summed E-state index contributed by atoms with van der Waals surface area (Å²) in [5, 5.41) is 12.8. The number of rotatable bonds is 11. The highest BCUT2D eigenvalue weighted by Crippen LogP contribution is 2.50. The van der Waals surface area contributed by atoms with E-state index in [9.17, 15) is 0 Å². The van der Waals surface area contributed by atoms with Gasteiger partial charge in [-0.15, -0.1) is 0 Å². The minimum Gasteiger partial charge on any atom is -0.310 e. The third-order valence-corrected chi connectivity index (χ3v) is 19.8. The molecule has 0 bridgehead atoms. The topological polar surface area (TPSA) is 3.24 Å². The van der Waals surface area contributed by atoms with Crippen molar-refractivity contribution in [3.63, 3.8) is 0 Å². The molecule has 74 heavy (non-hydrogen) atoms. The second-order valence-electron chi connectivity index (χ2n) is 19.1. The van der Waals surface area contributed by atoms with Gasteiger partial charge in [0.05, 0.1) is 0 Å². The van der Waals surface area contributed by atoms with Crippen LogP contribution in [-0.2, 0) is 0 Å². The SMILES string of the molecule is c1ccc(-c2ccc(N(c3ccc([Si](c4ccccc4)(c4ccccc4)c4ccccc4)cc3)c3ccc4c(c3)c3ccccc3c3c(-c5ccccc5)cc(-c5ccccc5)c(-c5ccccc5)c43)cc2)cc1. The van der Waals surface area contributed by atoms with E-state index >= 15 is 0 Å². The molecule has 0 saturated carbocycles. The predicted molar refractivity (Wildman–Crippen MR) is 319 cm³/mol. The minimum absolute atomic E-state index is 1.09. The van der Waals surface area contributed by atoms with Gasteiger partial charge in [0.2, 0.25) is 0 Å². The predicted octanol–water partition coefficient (Wildman–Crippen LogP) is 16.7. The van der Waals surface area contributed by atoms with Crippen molar-refractivity contribution in [2.75, 3.05) is 4.90 Å². The molecule has 0 unspecified atom stereocenters. The first-order valence-electron chi connectivity index (χ1n) is 25.6. The summed E-state index contributed by atoms with van der Waals surface area (Å²) in [5.74, 6) is 0. The third kappa shape index (κ3) is 7.81. The molecule has 13 rings (SSSR count). The van der Waals surface area contributed by atoms with Crippen molar-refractivity contribution in [3.8, 4) is 44.5 Å². The molecule has 0 N–H and O–H groups in total. The highest BCUT2D eigenvalue weighted by Gasteiger charge is 2.41. The van der Waals surface area contributed by atoms with Gasteiger partial charge in [-0.25, -0.2) is 0 Å². The van der Waals surface area contributed by atoms with Gasteiger partial charge in [0.15, 0.2) is 8.07 Å². The summed E-state index contributed by atoms with van der Waals surface area (Å²) in [6.45, 7) is 0. The summed E-state index contributed by atoms with van der Waals surface area (Å²) in [5.41, 5.74) is 12.9. The molecule has 0 spiro atoms. The van der Waals surface area contributed by atoms with Crippen LogP contribution in [0.25, 0.3) is 76.8 Å². The molecule has 2 heteroatoms. The monoisotopic (exact) mass is 957 g/mol.